The van der Waals surface area contributed by atoms with Crippen molar-refractivity contribution in [2.45, 2.75) is 19.4 Å². The average Bonchev–Trinajstić information content (AvgIpc) is 2.84. The predicted molar refractivity (Wildman–Crippen MR) is 79.4 cm³/mol. The molecule has 2 rings (SSSR count). The van der Waals surface area contributed by atoms with Crippen molar-refractivity contribution >= 4 is 34.5 Å². The van der Waals surface area contributed by atoms with Crippen molar-refractivity contribution in [1.82, 2.24) is 0 Å². The van der Waals surface area contributed by atoms with Crippen LogP contribution in [0.15, 0.2) is 18.2 Å². The van der Waals surface area contributed by atoms with Crippen molar-refractivity contribution in [3.05, 3.63) is 28.8 Å². The molecule has 3 N–H and O–H groups in total. The molecule has 0 saturated carbocycles. The van der Waals surface area contributed by atoms with E-state index in [9.17, 15) is 0 Å². The van der Waals surface area contributed by atoms with Crippen LogP contribution in [0.1, 0.15) is 18.9 Å². The lowest BCUT2D eigenvalue weighted by Crippen LogP contribution is -2.27. The van der Waals surface area contributed by atoms with Crippen LogP contribution in [0.4, 0.5) is 5.69 Å². The second-order valence-electron chi connectivity index (χ2n) is 4.61. The average molecular weight is 285 g/mol. The summed E-state index contributed by atoms with van der Waals surface area (Å²) in [6.07, 6.45) is 1.09. The zero-order chi connectivity index (χ0) is 13.1. The highest BCUT2D eigenvalue weighted by molar-refractivity contribution is 7.80. The summed E-state index contributed by atoms with van der Waals surface area (Å²) in [5, 5.41) is 4.09. The molecule has 1 aliphatic heterocycles. The zero-order valence-electron chi connectivity index (χ0n) is 10.3. The summed E-state index contributed by atoms with van der Waals surface area (Å²) >= 11 is 11.0. The molecule has 3 nitrogen and oxygen atoms in total. The van der Waals surface area contributed by atoms with Gasteiger partial charge in [0.05, 0.1) is 6.61 Å². The second kappa shape index (κ2) is 5.87. The van der Waals surface area contributed by atoms with E-state index in [0.29, 0.717) is 22.0 Å². The molecule has 1 aromatic rings. The summed E-state index contributed by atoms with van der Waals surface area (Å²) in [4.78, 5) is 0.356. The molecule has 0 spiro atoms. The Morgan fingerprint density at radius 2 is 2.39 bits per heavy atom. The minimum atomic E-state index is 0.321. The molecule has 18 heavy (non-hydrogen) atoms. The first-order valence-electron chi connectivity index (χ1n) is 6.01. The quantitative estimate of drug-likeness (QED) is 0.835. The Labute approximate surface area is 118 Å². The monoisotopic (exact) mass is 284 g/mol. The smallest absolute Gasteiger partial charge is 0.106 e. The van der Waals surface area contributed by atoms with Crippen LogP contribution in [0.2, 0.25) is 5.02 Å². The third kappa shape index (κ3) is 3.13. The van der Waals surface area contributed by atoms with E-state index in [4.69, 9.17) is 34.3 Å². The molecule has 0 amide bonds. The Hall–Kier alpha value is -0.840. The van der Waals surface area contributed by atoms with Gasteiger partial charge >= 0.3 is 0 Å². The van der Waals surface area contributed by atoms with Crippen molar-refractivity contribution in [2.75, 3.05) is 18.5 Å². The Morgan fingerprint density at radius 3 is 3.00 bits per heavy atom. The molecule has 1 fully saturated rings. The van der Waals surface area contributed by atoms with Crippen molar-refractivity contribution in [3.8, 4) is 0 Å². The molecule has 1 saturated heterocycles. The molecule has 1 heterocycles. The topological polar surface area (TPSA) is 47.3 Å². The van der Waals surface area contributed by atoms with Crippen LogP contribution in [0.25, 0.3) is 0 Å². The summed E-state index contributed by atoms with van der Waals surface area (Å²) in [5.41, 5.74) is 7.45. The van der Waals surface area contributed by atoms with Crippen LogP contribution in [-0.4, -0.2) is 24.2 Å². The van der Waals surface area contributed by atoms with Crippen LogP contribution >= 0.6 is 23.8 Å². The molecular weight excluding hydrogens is 268 g/mol. The first-order chi connectivity index (χ1) is 8.58. The number of halogens is 1. The Bertz CT molecular complexity index is 447. The predicted octanol–water partition coefficient (Wildman–Crippen LogP) is 2.81. The minimum absolute atomic E-state index is 0.321. The lowest BCUT2D eigenvalue weighted by molar-refractivity contribution is 0.183. The standard InChI is InChI=1S/C13H17ClN2OS/c1-8(9-4-5-17-7-9)16-12-3-2-10(14)6-11(12)13(15)18/h2-3,6,8-9,16H,4-5,7H2,1H3,(H2,15,18). The van der Waals surface area contributed by atoms with Crippen molar-refractivity contribution in [1.29, 1.82) is 0 Å². The van der Waals surface area contributed by atoms with Crippen molar-refractivity contribution in [2.24, 2.45) is 11.7 Å². The number of thiocarbonyl (C=S) groups is 1. The van der Waals surface area contributed by atoms with E-state index in [1.165, 1.54) is 0 Å². The molecule has 0 aliphatic carbocycles. The molecule has 98 valence electrons. The summed E-state index contributed by atoms with van der Waals surface area (Å²) in [7, 11) is 0. The lowest BCUT2D eigenvalue weighted by Gasteiger charge is -2.22. The molecule has 2 unspecified atom stereocenters. The number of ether oxygens (including phenoxy) is 1. The van der Waals surface area contributed by atoms with Gasteiger partial charge in [-0.2, -0.15) is 0 Å². The highest BCUT2D eigenvalue weighted by Crippen LogP contribution is 2.25. The largest absolute Gasteiger partial charge is 0.389 e. The number of nitrogens with one attached hydrogen (secondary N) is 1. The van der Waals surface area contributed by atoms with E-state index in [0.717, 1.165) is 30.9 Å². The SMILES string of the molecule is CC(Nc1ccc(Cl)cc1C(N)=S)C1CCOC1. The Morgan fingerprint density at radius 1 is 1.61 bits per heavy atom. The van der Waals surface area contributed by atoms with Gasteiger partial charge in [-0.25, -0.2) is 0 Å². The van der Waals surface area contributed by atoms with Gasteiger partial charge in [-0.15, -0.1) is 0 Å². The molecule has 2 atom stereocenters. The van der Waals surface area contributed by atoms with Crippen LogP contribution < -0.4 is 11.1 Å². The molecule has 0 aromatic heterocycles. The van der Waals surface area contributed by atoms with Gasteiger partial charge in [-0.3, -0.25) is 0 Å². The number of hydrogen-bond donors (Lipinski definition) is 2. The molecular formula is C13H17ClN2OS. The fourth-order valence-electron chi connectivity index (χ4n) is 2.16. The van der Waals surface area contributed by atoms with Crippen LogP contribution in [0.3, 0.4) is 0 Å². The molecule has 0 bridgehead atoms. The zero-order valence-corrected chi connectivity index (χ0v) is 11.9. The van der Waals surface area contributed by atoms with E-state index >= 15 is 0 Å². The van der Waals surface area contributed by atoms with Gasteiger partial charge < -0.3 is 15.8 Å². The molecule has 1 aromatic carbocycles. The van der Waals surface area contributed by atoms with Crippen LogP contribution in [0.5, 0.6) is 0 Å². The first-order valence-corrected chi connectivity index (χ1v) is 6.80. The third-order valence-corrected chi connectivity index (χ3v) is 3.76. The minimum Gasteiger partial charge on any atom is -0.389 e. The van der Waals surface area contributed by atoms with E-state index in [2.05, 4.69) is 12.2 Å². The van der Waals surface area contributed by atoms with E-state index in [-0.39, 0.29) is 0 Å². The van der Waals surface area contributed by atoms with Gasteiger partial charge in [0, 0.05) is 34.8 Å². The fraction of sp³-hybridized carbons (Fsp3) is 0.462. The van der Waals surface area contributed by atoms with Gasteiger partial charge in [0.1, 0.15) is 4.99 Å². The molecule has 1 aliphatic rings. The lowest BCUT2D eigenvalue weighted by atomic mass is 10.00. The Balaban J connectivity index is 2.15. The highest BCUT2D eigenvalue weighted by Gasteiger charge is 2.22. The van der Waals surface area contributed by atoms with Gasteiger partial charge in [-0.05, 0) is 31.5 Å². The number of rotatable bonds is 4. The maximum Gasteiger partial charge on any atom is 0.106 e. The van der Waals surface area contributed by atoms with Gasteiger partial charge in [0.2, 0.25) is 0 Å². The van der Waals surface area contributed by atoms with Crippen LogP contribution in [0, 0.1) is 5.92 Å². The number of benzene rings is 1. The summed E-state index contributed by atoms with van der Waals surface area (Å²) in [6, 6.07) is 5.87. The Kier molecular flexibility index (Phi) is 4.43. The maximum absolute atomic E-state index is 5.96. The highest BCUT2D eigenvalue weighted by atomic mass is 35.5. The van der Waals surface area contributed by atoms with E-state index in [1.54, 1.807) is 6.07 Å². The van der Waals surface area contributed by atoms with E-state index in [1.807, 2.05) is 12.1 Å². The summed E-state index contributed by atoms with van der Waals surface area (Å²) in [6.45, 7) is 3.81. The van der Waals surface area contributed by atoms with Gasteiger partial charge in [-0.1, -0.05) is 23.8 Å². The fourth-order valence-corrected chi connectivity index (χ4v) is 2.50. The number of hydrogen-bond acceptors (Lipinski definition) is 3. The van der Waals surface area contributed by atoms with Crippen molar-refractivity contribution in [3.63, 3.8) is 0 Å². The van der Waals surface area contributed by atoms with Gasteiger partial charge in [0.15, 0.2) is 0 Å². The maximum atomic E-state index is 5.96. The number of anilines is 1. The second-order valence-corrected chi connectivity index (χ2v) is 5.49. The summed E-state index contributed by atoms with van der Waals surface area (Å²) < 4.78 is 5.40. The normalized spacial score (nSPS) is 20.7. The third-order valence-electron chi connectivity index (χ3n) is 3.30. The first kappa shape index (κ1) is 13.6. The summed E-state index contributed by atoms with van der Waals surface area (Å²) in [5.74, 6) is 0.528. The van der Waals surface area contributed by atoms with E-state index < -0.39 is 0 Å². The molecule has 0 radical (unpaired) electrons. The van der Waals surface area contributed by atoms with Crippen LogP contribution in [-0.2, 0) is 4.74 Å². The molecule has 5 heteroatoms. The number of nitrogens with two attached hydrogens (primary N) is 1. The van der Waals surface area contributed by atoms with Gasteiger partial charge in [0.25, 0.3) is 0 Å². The van der Waals surface area contributed by atoms with Crippen molar-refractivity contribution < 1.29 is 4.74 Å².